The summed E-state index contributed by atoms with van der Waals surface area (Å²) in [4.78, 5) is 26.5. The number of carbonyl (C=O) groups is 2. The Kier molecular flexibility index (Phi) is 9.25. The van der Waals surface area contributed by atoms with E-state index in [9.17, 15) is 14.9 Å². The number of halogens is 1. The predicted molar refractivity (Wildman–Crippen MR) is 156 cm³/mol. The van der Waals surface area contributed by atoms with Gasteiger partial charge in [0.15, 0.2) is 0 Å². The van der Waals surface area contributed by atoms with Crippen molar-refractivity contribution in [1.82, 2.24) is 5.32 Å². The number of hydrogen-bond donors (Lipinski definition) is 3. The molecule has 0 saturated carbocycles. The molecular weight excluding hydrogens is 527 g/mol. The van der Waals surface area contributed by atoms with E-state index in [1.54, 1.807) is 49.4 Å². The summed E-state index contributed by atoms with van der Waals surface area (Å²) in [6.07, 6.45) is 0.767. The van der Waals surface area contributed by atoms with Gasteiger partial charge in [0.05, 0.1) is 41.1 Å². The van der Waals surface area contributed by atoms with Crippen molar-refractivity contribution in [2.45, 2.75) is 26.2 Å². The summed E-state index contributed by atoms with van der Waals surface area (Å²) in [5.74, 6) is -1.83. The fourth-order valence-electron chi connectivity index (χ4n) is 4.56. The van der Waals surface area contributed by atoms with Crippen LogP contribution >= 0.6 is 11.8 Å². The van der Waals surface area contributed by atoms with Crippen LogP contribution in [-0.2, 0) is 16.0 Å². The third-order valence-electron chi connectivity index (χ3n) is 6.48. The molecule has 7 nitrogen and oxygen atoms in total. The molecule has 1 atom stereocenters. The Bertz CT molecular complexity index is 1540. The summed E-state index contributed by atoms with van der Waals surface area (Å²) in [7, 11) is 1.50. The van der Waals surface area contributed by atoms with Gasteiger partial charge < -0.3 is 20.7 Å². The molecule has 1 aliphatic heterocycles. The molecule has 0 fully saturated rings. The maximum Gasteiger partial charge on any atom is 0.254 e. The van der Waals surface area contributed by atoms with Crippen LogP contribution in [-0.4, -0.2) is 24.7 Å². The minimum absolute atomic E-state index is 0.00553. The van der Waals surface area contributed by atoms with Gasteiger partial charge in [-0.05, 0) is 43.2 Å². The third kappa shape index (κ3) is 6.19. The van der Waals surface area contributed by atoms with Crippen molar-refractivity contribution < 1.29 is 18.7 Å². The van der Waals surface area contributed by atoms with E-state index < -0.39 is 17.6 Å². The monoisotopic (exact) mass is 556 g/mol. The van der Waals surface area contributed by atoms with E-state index in [4.69, 9.17) is 4.74 Å². The van der Waals surface area contributed by atoms with Crippen LogP contribution in [0.5, 0.6) is 5.75 Å². The van der Waals surface area contributed by atoms with Crippen LogP contribution in [0.1, 0.15) is 30.9 Å². The number of anilines is 2. The number of carbonyl (C=O) groups excluding carboxylic acids is 2. The average Bonchev–Trinajstić information content (AvgIpc) is 2.96. The molecule has 0 aliphatic carbocycles. The minimum Gasteiger partial charge on any atom is -0.495 e. The number of nitrogens with zero attached hydrogens (tertiary/aromatic N) is 1. The lowest BCUT2D eigenvalue weighted by atomic mass is 9.82. The number of benzene rings is 3. The van der Waals surface area contributed by atoms with Gasteiger partial charge in [0.2, 0.25) is 5.91 Å². The number of nitriles is 1. The smallest absolute Gasteiger partial charge is 0.254 e. The Morgan fingerprint density at radius 1 is 1.02 bits per heavy atom. The number of methoxy groups -OCH3 is 1. The summed E-state index contributed by atoms with van der Waals surface area (Å²) in [5.41, 5.74) is 3.15. The molecule has 3 aromatic carbocycles. The van der Waals surface area contributed by atoms with E-state index in [1.807, 2.05) is 31.2 Å². The molecular formula is C31H29FN4O3S. The predicted octanol–water partition coefficient (Wildman–Crippen LogP) is 6.10. The van der Waals surface area contributed by atoms with Gasteiger partial charge in [0.1, 0.15) is 11.6 Å². The highest BCUT2D eigenvalue weighted by Gasteiger charge is 2.36. The standard InChI is InChI=1S/C31H29FN4O3S/c1-4-20-11-5-8-14-24(20)35-27(37)18-40-31-22(17-33)29(21-12-6-7-13-23(21)32)28(19(2)34-31)30(38)36-25-15-9-10-16-26(25)39-3/h5-16,29,34H,4,18H2,1-3H3,(H,35,37)(H,36,38). The third-order valence-corrected chi connectivity index (χ3v) is 7.50. The maximum absolute atomic E-state index is 15.2. The lowest BCUT2D eigenvalue weighted by Gasteiger charge is -2.30. The van der Waals surface area contributed by atoms with Crippen LogP contribution in [0.2, 0.25) is 0 Å². The first-order valence-electron chi connectivity index (χ1n) is 12.7. The SMILES string of the molecule is CCc1ccccc1NC(=O)CSC1=C(C#N)C(c2ccccc2F)C(C(=O)Nc2ccccc2OC)=C(C)N1. The molecule has 40 heavy (non-hydrogen) atoms. The van der Waals surface area contributed by atoms with Crippen LogP contribution in [0.4, 0.5) is 15.8 Å². The van der Waals surface area contributed by atoms with E-state index in [2.05, 4.69) is 22.0 Å². The van der Waals surface area contributed by atoms with Crippen molar-refractivity contribution >= 4 is 35.0 Å². The first-order valence-corrected chi connectivity index (χ1v) is 13.7. The van der Waals surface area contributed by atoms with Crippen LogP contribution in [0.3, 0.4) is 0 Å². The molecule has 3 aromatic rings. The second kappa shape index (κ2) is 13.0. The van der Waals surface area contributed by atoms with Crippen molar-refractivity contribution in [2.75, 3.05) is 23.5 Å². The number of ether oxygens (including phenoxy) is 1. The highest BCUT2D eigenvalue weighted by molar-refractivity contribution is 8.03. The number of dihydropyridines is 1. The minimum atomic E-state index is -0.992. The number of rotatable bonds is 9. The fourth-order valence-corrected chi connectivity index (χ4v) is 5.45. The van der Waals surface area contributed by atoms with E-state index in [-0.39, 0.29) is 28.4 Å². The van der Waals surface area contributed by atoms with Gasteiger partial charge in [-0.25, -0.2) is 4.39 Å². The molecule has 1 aliphatic rings. The summed E-state index contributed by atoms with van der Waals surface area (Å²) in [6, 6.07) is 22.7. The lowest BCUT2D eigenvalue weighted by molar-refractivity contribution is -0.114. The molecule has 0 bridgehead atoms. The van der Waals surface area contributed by atoms with Gasteiger partial charge in [-0.15, -0.1) is 0 Å². The molecule has 1 unspecified atom stereocenters. The number of aryl methyl sites for hydroxylation is 1. The van der Waals surface area contributed by atoms with Gasteiger partial charge in [-0.1, -0.05) is 67.2 Å². The zero-order chi connectivity index (χ0) is 28.6. The van der Waals surface area contributed by atoms with Gasteiger partial charge in [-0.2, -0.15) is 5.26 Å². The topological polar surface area (TPSA) is 103 Å². The van der Waals surface area contributed by atoms with Crippen molar-refractivity contribution in [1.29, 1.82) is 5.26 Å². The second-order valence-electron chi connectivity index (χ2n) is 8.97. The summed E-state index contributed by atoms with van der Waals surface area (Å²) >= 11 is 1.13. The van der Waals surface area contributed by atoms with Crippen molar-refractivity contribution in [3.05, 3.63) is 112 Å². The first kappa shape index (κ1) is 28.5. The van der Waals surface area contributed by atoms with Gasteiger partial charge in [-0.3, -0.25) is 9.59 Å². The van der Waals surface area contributed by atoms with Crippen LogP contribution < -0.4 is 20.7 Å². The van der Waals surface area contributed by atoms with Crippen LogP contribution in [0, 0.1) is 17.1 Å². The maximum atomic E-state index is 15.2. The van der Waals surface area contributed by atoms with Crippen LogP contribution in [0.15, 0.2) is 94.7 Å². The van der Waals surface area contributed by atoms with Gasteiger partial charge in [0, 0.05) is 22.5 Å². The highest BCUT2D eigenvalue weighted by atomic mass is 32.2. The Hall–Kier alpha value is -4.55. The largest absolute Gasteiger partial charge is 0.495 e. The summed E-state index contributed by atoms with van der Waals surface area (Å²) in [5, 5.41) is 19.5. The second-order valence-corrected chi connectivity index (χ2v) is 9.96. The summed E-state index contributed by atoms with van der Waals surface area (Å²) in [6.45, 7) is 3.70. The Morgan fingerprint density at radius 2 is 1.70 bits per heavy atom. The molecule has 9 heteroatoms. The molecule has 0 radical (unpaired) electrons. The number of para-hydroxylation sites is 3. The molecule has 0 spiro atoms. The van der Waals surface area contributed by atoms with E-state index >= 15 is 4.39 Å². The number of nitrogens with one attached hydrogen (secondary N) is 3. The van der Waals surface area contributed by atoms with Crippen molar-refractivity contribution in [2.24, 2.45) is 0 Å². The lowest BCUT2D eigenvalue weighted by Crippen LogP contribution is -2.31. The quantitative estimate of drug-likeness (QED) is 0.294. The first-order chi connectivity index (χ1) is 19.4. The number of thioether (sulfide) groups is 1. The molecule has 204 valence electrons. The molecule has 2 amide bonds. The number of hydrogen-bond acceptors (Lipinski definition) is 6. The van der Waals surface area contributed by atoms with Crippen molar-refractivity contribution in [3.8, 4) is 11.8 Å². The molecule has 4 rings (SSSR count). The molecule has 0 saturated heterocycles. The average molecular weight is 557 g/mol. The zero-order valence-corrected chi connectivity index (χ0v) is 23.2. The Labute approximate surface area is 237 Å². The van der Waals surface area contributed by atoms with Crippen molar-refractivity contribution in [3.63, 3.8) is 0 Å². The zero-order valence-electron chi connectivity index (χ0n) is 22.4. The fraction of sp³-hybridized carbons (Fsp3) is 0.194. The van der Waals surface area contributed by atoms with Gasteiger partial charge in [0.25, 0.3) is 5.91 Å². The molecule has 1 heterocycles. The van der Waals surface area contributed by atoms with Crippen LogP contribution in [0.25, 0.3) is 0 Å². The Morgan fingerprint density at radius 3 is 2.40 bits per heavy atom. The van der Waals surface area contributed by atoms with Gasteiger partial charge >= 0.3 is 0 Å². The Balaban J connectivity index is 1.66. The number of amides is 2. The van der Waals surface area contributed by atoms with E-state index in [1.165, 1.54) is 13.2 Å². The highest BCUT2D eigenvalue weighted by Crippen LogP contribution is 2.42. The molecule has 3 N–H and O–H groups in total. The van der Waals surface area contributed by atoms with E-state index in [0.29, 0.717) is 22.2 Å². The molecule has 0 aromatic heterocycles. The summed E-state index contributed by atoms with van der Waals surface area (Å²) < 4.78 is 20.5. The normalized spacial score (nSPS) is 14.7. The van der Waals surface area contributed by atoms with E-state index in [0.717, 1.165) is 29.4 Å². The number of allylic oxidation sites excluding steroid dienone is 2.